The molecule has 2 nitrogen and oxygen atoms in total. The van der Waals surface area contributed by atoms with Gasteiger partial charge < -0.3 is 10.5 Å². The van der Waals surface area contributed by atoms with E-state index in [0.717, 1.165) is 25.0 Å². The lowest BCUT2D eigenvalue weighted by Crippen LogP contribution is -2.14. The molecule has 0 saturated carbocycles. The molecule has 0 spiro atoms. The van der Waals surface area contributed by atoms with E-state index in [0.29, 0.717) is 0 Å². The Balaban J connectivity index is 2.89. The molecule has 0 radical (unpaired) electrons. The van der Waals surface area contributed by atoms with Crippen LogP contribution in [0.1, 0.15) is 26.7 Å². The van der Waals surface area contributed by atoms with E-state index in [4.69, 9.17) is 10.5 Å². The van der Waals surface area contributed by atoms with Gasteiger partial charge in [-0.2, -0.15) is 0 Å². The fourth-order valence-electron chi connectivity index (χ4n) is 1.27. The van der Waals surface area contributed by atoms with E-state index in [-0.39, 0.29) is 17.5 Å². The number of halogens is 2. The molecule has 0 aliphatic rings. The summed E-state index contributed by atoms with van der Waals surface area (Å²) in [6, 6.07) is 1.93. The van der Waals surface area contributed by atoms with E-state index in [2.05, 4.69) is 0 Å². The van der Waals surface area contributed by atoms with Gasteiger partial charge in [0, 0.05) is 12.1 Å². The minimum atomic E-state index is -0.655. The highest BCUT2D eigenvalue weighted by molar-refractivity contribution is 5.44. The standard InChI is InChI=1S/C11H15F2NO/c1-3-7(4-2)15-11-6-8(12)10(14)5-9(11)13/h5-7H,3-4,14H2,1-2H3. The fraction of sp³-hybridized carbons (Fsp3) is 0.455. The second-order valence-electron chi connectivity index (χ2n) is 3.36. The van der Waals surface area contributed by atoms with Crippen molar-refractivity contribution < 1.29 is 13.5 Å². The third-order valence-corrected chi connectivity index (χ3v) is 2.26. The first kappa shape index (κ1) is 11.8. The quantitative estimate of drug-likeness (QED) is 0.783. The molecule has 2 N–H and O–H groups in total. The molecule has 4 heteroatoms. The van der Waals surface area contributed by atoms with E-state index >= 15 is 0 Å². The topological polar surface area (TPSA) is 35.2 Å². The zero-order chi connectivity index (χ0) is 11.4. The van der Waals surface area contributed by atoms with Gasteiger partial charge in [0.2, 0.25) is 0 Å². The number of benzene rings is 1. The Hall–Kier alpha value is -1.32. The summed E-state index contributed by atoms with van der Waals surface area (Å²) in [5.41, 5.74) is 5.01. The highest BCUT2D eigenvalue weighted by atomic mass is 19.1. The van der Waals surface area contributed by atoms with Crippen LogP contribution in [-0.4, -0.2) is 6.10 Å². The second kappa shape index (κ2) is 4.96. The summed E-state index contributed by atoms with van der Waals surface area (Å²) in [6.07, 6.45) is 1.41. The second-order valence-corrected chi connectivity index (χ2v) is 3.36. The predicted molar refractivity (Wildman–Crippen MR) is 55.8 cm³/mol. The summed E-state index contributed by atoms with van der Waals surface area (Å²) >= 11 is 0. The average Bonchev–Trinajstić information content (AvgIpc) is 2.21. The molecule has 0 saturated heterocycles. The zero-order valence-corrected chi connectivity index (χ0v) is 8.89. The van der Waals surface area contributed by atoms with Gasteiger partial charge in [0.15, 0.2) is 11.6 Å². The molecule has 84 valence electrons. The Morgan fingerprint density at radius 1 is 1.20 bits per heavy atom. The Morgan fingerprint density at radius 3 is 2.33 bits per heavy atom. The third kappa shape index (κ3) is 2.81. The summed E-state index contributed by atoms with van der Waals surface area (Å²) in [4.78, 5) is 0. The lowest BCUT2D eigenvalue weighted by molar-refractivity contribution is 0.184. The van der Waals surface area contributed by atoms with Crippen LogP contribution in [0.2, 0.25) is 0 Å². The molecular formula is C11H15F2NO. The van der Waals surface area contributed by atoms with Crippen LogP contribution < -0.4 is 10.5 Å². The zero-order valence-electron chi connectivity index (χ0n) is 8.89. The monoisotopic (exact) mass is 215 g/mol. The minimum absolute atomic E-state index is 0.0737. The summed E-state index contributed by atoms with van der Waals surface area (Å²) in [5, 5.41) is 0. The normalized spacial score (nSPS) is 10.7. The maximum absolute atomic E-state index is 13.3. The van der Waals surface area contributed by atoms with Crippen LogP contribution in [-0.2, 0) is 0 Å². The molecule has 0 fully saturated rings. The van der Waals surface area contributed by atoms with Crippen molar-refractivity contribution >= 4 is 5.69 Å². The van der Waals surface area contributed by atoms with Gasteiger partial charge >= 0.3 is 0 Å². The molecule has 0 aromatic heterocycles. The van der Waals surface area contributed by atoms with Crippen LogP contribution in [0.25, 0.3) is 0 Å². The highest BCUT2D eigenvalue weighted by Crippen LogP contribution is 2.24. The molecule has 0 aliphatic carbocycles. The van der Waals surface area contributed by atoms with Crippen molar-refractivity contribution in [2.75, 3.05) is 5.73 Å². The molecule has 0 unspecified atom stereocenters. The number of hydrogen-bond acceptors (Lipinski definition) is 2. The first-order valence-corrected chi connectivity index (χ1v) is 4.99. The van der Waals surface area contributed by atoms with Crippen molar-refractivity contribution in [1.82, 2.24) is 0 Å². The highest BCUT2D eigenvalue weighted by Gasteiger charge is 2.12. The number of ether oxygens (including phenoxy) is 1. The van der Waals surface area contributed by atoms with Crippen LogP contribution >= 0.6 is 0 Å². The molecule has 0 aliphatic heterocycles. The Kier molecular flexibility index (Phi) is 3.88. The van der Waals surface area contributed by atoms with Crippen LogP contribution in [0, 0.1) is 11.6 Å². The molecule has 0 amide bonds. The number of rotatable bonds is 4. The van der Waals surface area contributed by atoms with Gasteiger partial charge in [0.1, 0.15) is 5.82 Å². The fourth-order valence-corrected chi connectivity index (χ4v) is 1.27. The summed E-state index contributed by atoms with van der Waals surface area (Å²) in [7, 11) is 0. The smallest absolute Gasteiger partial charge is 0.167 e. The third-order valence-electron chi connectivity index (χ3n) is 2.26. The Labute approximate surface area is 88.0 Å². The molecule has 0 heterocycles. The Morgan fingerprint density at radius 2 is 1.80 bits per heavy atom. The summed E-state index contributed by atoms with van der Waals surface area (Å²) < 4.78 is 31.6. The lowest BCUT2D eigenvalue weighted by atomic mass is 10.2. The summed E-state index contributed by atoms with van der Waals surface area (Å²) in [6.45, 7) is 3.86. The number of nitrogen functional groups attached to an aromatic ring is 1. The van der Waals surface area contributed by atoms with Gasteiger partial charge in [-0.15, -0.1) is 0 Å². The van der Waals surface area contributed by atoms with Gasteiger partial charge in [0.25, 0.3) is 0 Å². The maximum atomic E-state index is 13.3. The van der Waals surface area contributed by atoms with Crippen molar-refractivity contribution in [2.24, 2.45) is 0 Å². The van der Waals surface area contributed by atoms with Crippen LogP contribution in [0.3, 0.4) is 0 Å². The van der Waals surface area contributed by atoms with E-state index in [1.165, 1.54) is 0 Å². The van der Waals surface area contributed by atoms with Crippen molar-refractivity contribution in [1.29, 1.82) is 0 Å². The van der Waals surface area contributed by atoms with Crippen molar-refractivity contribution in [3.05, 3.63) is 23.8 Å². The SMILES string of the molecule is CCC(CC)Oc1cc(F)c(N)cc1F. The molecule has 0 bridgehead atoms. The average molecular weight is 215 g/mol. The first-order chi connectivity index (χ1) is 7.08. The number of nitrogens with two attached hydrogens (primary N) is 1. The summed E-state index contributed by atoms with van der Waals surface area (Å²) in [5.74, 6) is -1.35. The van der Waals surface area contributed by atoms with Gasteiger partial charge in [-0.1, -0.05) is 13.8 Å². The van der Waals surface area contributed by atoms with Gasteiger partial charge in [-0.05, 0) is 12.8 Å². The molecular weight excluding hydrogens is 200 g/mol. The van der Waals surface area contributed by atoms with Gasteiger partial charge in [-0.3, -0.25) is 0 Å². The molecule has 1 aromatic carbocycles. The number of anilines is 1. The van der Waals surface area contributed by atoms with Crippen molar-refractivity contribution in [2.45, 2.75) is 32.8 Å². The Bertz CT molecular complexity index is 338. The van der Waals surface area contributed by atoms with E-state index < -0.39 is 11.6 Å². The molecule has 15 heavy (non-hydrogen) atoms. The van der Waals surface area contributed by atoms with Crippen LogP contribution in [0.15, 0.2) is 12.1 Å². The number of hydrogen-bond donors (Lipinski definition) is 1. The molecule has 1 rings (SSSR count). The molecule has 1 aromatic rings. The van der Waals surface area contributed by atoms with Gasteiger partial charge in [-0.25, -0.2) is 8.78 Å². The minimum Gasteiger partial charge on any atom is -0.487 e. The van der Waals surface area contributed by atoms with Crippen molar-refractivity contribution in [3.63, 3.8) is 0 Å². The largest absolute Gasteiger partial charge is 0.487 e. The van der Waals surface area contributed by atoms with Crippen LogP contribution in [0.5, 0.6) is 5.75 Å². The van der Waals surface area contributed by atoms with E-state index in [1.807, 2.05) is 13.8 Å². The lowest BCUT2D eigenvalue weighted by Gasteiger charge is -2.16. The van der Waals surface area contributed by atoms with E-state index in [9.17, 15) is 8.78 Å². The van der Waals surface area contributed by atoms with E-state index in [1.54, 1.807) is 0 Å². The first-order valence-electron chi connectivity index (χ1n) is 4.99. The predicted octanol–water partition coefficient (Wildman–Crippen LogP) is 3.11. The molecule has 0 atom stereocenters. The maximum Gasteiger partial charge on any atom is 0.167 e. The van der Waals surface area contributed by atoms with Crippen LogP contribution in [0.4, 0.5) is 14.5 Å². The van der Waals surface area contributed by atoms with Crippen molar-refractivity contribution in [3.8, 4) is 5.75 Å². The van der Waals surface area contributed by atoms with Gasteiger partial charge in [0.05, 0.1) is 11.8 Å².